The van der Waals surface area contributed by atoms with Crippen LogP contribution in [0.25, 0.3) is 10.9 Å². The van der Waals surface area contributed by atoms with E-state index in [4.69, 9.17) is 10.00 Å². The van der Waals surface area contributed by atoms with Gasteiger partial charge in [0.05, 0.1) is 41.7 Å². The molecule has 1 fully saturated rings. The summed E-state index contributed by atoms with van der Waals surface area (Å²) in [5.74, 6) is -2.11. The first-order valence-electron chi connectivity index (χ1n) is 9.74. The number of rotatable bonds is 3. The molecule has 0 bridgehead atoms. The van der Waals surface area contributed by atoms with Gasteiger partial charge in [-0.15, -0.1) is 0 Å². The maximum Gasteiger partial charge on any atom is 0.341 e. The van der Waals surface area contributed by atoms with Crippen LogP contribution < -0.4 is 4.74 Å². The second kappa shape index (κ2) is 8.67. The summed E-state index contributed by atoms with van der Waals surface area (Å²) >= 11 is 0. The Bertz CT molecular complexity index is 1300. The topological polar surface area (TPSA) is 97.6 Å². The number of amides is 2. The van der Waals surface area contributed by atoms with Gasteiger partial charge in [-0.2, -0.15) is 33.3 Å². The Morgan fingerprint density at radius 3 is 2.73 bits per heavy atom. The van der Waals surface area contributed by atoms with Gasteiger partial charge in [0.1, 0.15) is 11.9 Å². The zero-order valence-electron chi connectivity index (χ0n) is 16.9. The third-order valence-corrected chi connectivity index (χ3v) is 5.43. The van der Waals surface area contributed by atoms with Crippen LogP contribution in [0.5, 0.6) is 5.75 Å². The van der Waals surface area contributed by atoms with Crippen molar-refractivity contribution in [2.24, 2.45) is 5.10 Å². The largest absolute Gasteiger partial charge is 0.484 e. The normalized spacial score (nSPS) is 17.6. The Hall–Kier alpha value is -3.72. The zero-order valence-corrected chi connectivity index (χ0v) is 17.9. The fraction of sp³-hybridized carbons (Fsp3) is 0.238. The Morgan fingerprint density at radius 2 is 1.97 bits per heavy atom. The van der Waals surface area contributed by atoms with Gasteiger partial charge in [0, 0.05) is 18.7 Å². The molecular formula is C21H17F3N6O2S. The average molecular weight is 474 g/mol. The number of nitrogens with zero attached hydrogens (tertiary/aromatic N) is 5. The van der Waals surface area contributed by atoms with Gasteiger partial charge in [-0.25, -0.2) is 18.6 Å². The molecule has 1 saturated heterocycles. The molecule has 3 heterocycles. The molecule has 2 aliphatic rings. The molecule has 2 amide bonds. The number of urea groups is 1. The number of carbonyl (C=O) groups excluding carboxylic acids is 1. The number of H-pyrrole nitrogens is 1. The lowest BCUT2D eigenvalue weighted by atomic mass is 10.0. The summed E-state index contributed by atoms with van der Waals surface area (Å²) in [4.78, 5) is 14.4. The number of fused-ring (bicyclic) bond motifs is 1. The lowest BCUT2D eigenvalue weighted by Crippen LogP contribution is -2.58. The molecule has 12 heteroatoms. The maximum absolute atomic E-state index is 14.2. The molecule has 33 heavy (non-hydrogen) atoms. The first-order valence-corrected chi connectivity index (χ1v) is 9.74. The molecule has 5 rings (SSSR count). The second-order valence-electron chi connectivity index (χ2n) is 7.54. The maximum atomic E-state index is 14.2. The minimum atomic E-state index is -0.730. The number of benzene rings is 2. The summed E-state index contributed by atoms with van der Waals surface area (Å²) in [6, 6.07) is 7.19. The average Bonchev–Trinajstić information content (AvgIpc) is 3.37. The molecule has 0 spiro atoms. The summed E-state index contributed by atoms with van der Waals surface area (Å²) in [6.45, 7) is 0.382. The van der Waals surface area contributed by atoms with Crippen molar-refractivity contribution < 1.29 is 22.7 Å². The van der Waals surface area contributed by atoms with E-state index in [1.165, 1.54) is 28.1 Å². The summed E-state index contributed by atoms with van der Waals surface area (Å²) in [5.41, 5.74) is 0.863. The number of aromatic nitrogens is 2. The van der Waals surface area contributed by atoms with Crippen LogP contribution in [-0.4, -0.2) is 51.5 Å². The lowest BCUT2D eigenvalue weighted by Gasteiger charge is -2.41. The smallest absolute Gasteiger partial charge is 0.341 e. The highest BCUT2D eigenvalue weighted by Gasteiger charge is 2.39. The van der Waals surface area contributed by atoms with Gasteiger partial charge in [0.15, 0.2) is 11.6 Å². The number of aromatic amines is 1. The van der Waals surface area contributed by atoms with E-state index in [-0.39, 0.29) is 48.8 Å². The fourth-order valence-electron chi connectivity index (χ4n) is 3.81. The van der Waals surface area contributed by atoms with Crippen molar-refractivity contribution in [1.29, 1.82) is 5.26 Å². The predicted octanol–water partition coefficient (Wildman–Crippen LogP) is 3.58. The molecule has 1 aromatic heterocycles. The molecule has 1 N–H and O–H groups in total. The van der Waals surface area contributed by atoms with Crippen molar-refractivity contribution in [3.63, 3.8) is 0 Å². The number of likely N-dealkylation sites (tertiary alicyclic amines) is 1. The molecular weight excluding hydrogens is 457 g/mol. The Labute approximate surface area is 192 Å². The molecule has 0 aliphatic carbocycles. The third-order valence-electron chi connectivity index (χ3n) is 5.43. The van der Waals surface area contributed by atoms with Gasteiger partial charge in [-0.1, -0.05) is 0 Å². The van der Waals surface area contributed by atoms with E-state index in [0.717, 1.165) is 12.1 Å². The van der Waals surface area contributed by atoms with Crippen LogP contribution in [0.1, 0.15) is 23.6 Å². The summed E-state index contributed by atoms with van der Waals surface area (Å²) in [7, 11) is 0. The number of nitrogens with one attached hydrogen (secondary N) is 1. The highest BCUT2D eigenvalue weighted by atomic mass is 32.1. The van der Waals surface area contributed by atoms with Crippen LogP contribution in [0.15, 0.2) is 35.4 Å². The molecule has 2 aliphatic heterocycles. The highest BCUT2D eigenvalue weighted by molar-refractivity contribution is 7.59. The van der Waals surface area contributed by atoms with Crippen molar-refractivity contribution in [1.82, 2.24) is 20.1 Å². The predicted molar refractivity (Wildman–Crippen MR) is 117 cm³/mol. The Balaban J connectivity index is 0.00000259. The molecule has 3 aromatic rings. The van der Waals surface area contributed by atoms with E-state index in [1.54, 1.807) is 6.21 Å². The van der Waals surface area contributed by atoms with Crippen LogP contribution >= 0.6 is 13.5 Å². The summed E-state index contributed by atoms with van der Waals surface area (Å²) in [6.07, 6.45) is 1.49. The first kappa shape index (κ1) is 22.5. The zero-order chi connectivity index (χ0) is 22.4. The van der Waals surface area contributed by atoms with Crippen LogP contribution in [-0.2, 0) is 0 Å². The quantitative estimate of drug-likeness (QED) is 0.628. The molecule has 0 unspecified atom stereocenters. The number of carbonyl (C=O) groups is 1. The van der Waals surface area contributed by atoms with Gasteiger partial charge in [-0.05, 0) is 29.8 Å². The Morgan fingerprint density at radius 1 is 1.18 bits per heavy atom. The molecule has 2 aromatic carbocycles. The van der Waals surface area contributed by atoms with Gasteiger partial charge in [-0.3, -0.25) is 5.10 Å². The van der Waals surface area contributed by atoms with Crippen LogP contribution in [0.4, 0.5) is 18.0 Å². The van der Waals surface area contributed by atoms with E-state index in [2.05, 4.69) is 15.3 Å². The van der Waals surface area contributed by atoms with Crippen molar-refractivity contribution in [2.75, 3.05) is 13.1 Å². The monoisotopic (exact) mass is 474 g/mol. The van der Waals surface area contributed by atoms with Gasteiger partial charge in [0.25, 0.3) is 0 Å². The van der Waals surface area contributed by atoms with E-state index in [1.807, 2.05) is 6.07 Å². The van der Waals surface area contributed by atoms with Crippen LogP contribution in [0, 0.1) is 28.9 Å². The number of hydrogen-bond acceptors (Lipinski definition) is 5. The van der Waals surface area contributed by atoms with Crippen molar-refractivity contribution >= 4 is 36.6 Å². The highest BCUT2D eigenvalue weighted by Crippen LogP contribution is 2.32. The van der Waals surface area contributed by atoms with Gasteiger partial charge < -0.3 is 9.64 Å². The standard InChI is InChI=1S/C21H15F3N6O2.H2S/c22-13-4-11(8-25)3-12(5-13)18-1-2-26-30(18)21(31)29-9-14(10-29)32-19-7-17-15(6-16(19)23)20(24)28-27-17;/h2-7,14,18H,1,9-10H2,(H,27,28);1H2/t18-;/m0./s1. The molecule has 170 valence electrons. The minimum Gasteiger partial charge on any atom is -0.484 e. The van der Waals surface area contributed by atoms with E-state index < -0.39 is 35.8 Å². The number of nitriles is 1. The molecule has 0 radical (unpaired) electrons. The van der Waals surface area contributed by atoms with Crippen molar-refractivity contribution in [3.8, 4) is 11.8 Å². The van der Waals surface area contributed by atoms with Crippen LogP contribution in [0.2, 0.25) is 0 Å². The van der Waals surface area contributed by atoms with Gasteiger partial charge in [0.2, 0.25) is 5.95 Å². The van der Waals surface area contributed by atoms with E-state index in [0.29, 0.717) is 12.0 Å². The van der Waals surface area contributed by atoms with Crippen molar-refractivity contribution in [2.45, 2.75) is 18.6 Å². The van der Waals surface area contributed by atoms with Crippen LogP contribution in [0.3, 0.4) is 0 Å². The molecule has 8 nitrogen and oxygen atoms in total. The van der Waals surface area contributed by atoms with Crippen molar-refractivity contribution in [3.05, 3.63) is 59.0 Å². The summed E-state index contributed by atoms with van der Waals surface area (Å²) < 4.78 is 47.2. The summed E-state index contributed by atoms with van der Waals surface area (Å²) in [5, 5.41) is 20.3. The number of hydrogen-bond donors (Lipinski definition) is 1. The third kappa shape index (κ3) is 4.07. The lowest BCUT2D eigenvalue weighted by molar-refractivity contribution is 0.0258. The number of ether oxygens (including phenoxy) is 1. The number of halogens is 3. The Kier molecular flexibility index (Phi) is 5.90. The minimum absolute atomic E-state index is 0. The van der Waals surface area contributed by atoms with E-state index in [9.17, 15) is 18.0 Å². The second-order valence-corrected chi connectivity index (χ2v) is 7.54. The molecule has 0 saturated carbocycles. The number of hydrazone groups is 1. The first-order chi connectivity index (χ1) is 15.4. The SMILES string of the molecule is N#Cc1cc(F)cc([C@@H]2CC=NN2C(=O)N2CC(Oc3cc4n[nH]c(F)c4cc3F)C2)c1.S. The van der Waals surface area contributed by atoms with E-state index >= 15 is 0 Å². The molecule has 1 atom stereocenters. The fourth-order valence-corrected chi connectivity index (χ4v) is 3.81. The van der Waals surface area contributed by atoms with Gasteiger partial charge >= 0.3 is 6.03 Å².